The minimum Gasteiger partial charge on any atom is -0.491 e. The van der Waals surface area contributed by atoms with Gasteiger partial charge in [0.2, 0.25) is 11.8 Å². The second-order valence-corrected chi connectivity index (χ2v) is 8.63. The zero-order valence-corrected chi connectivity index (χ0v) is 19.0. The Morgan fingerprint density at radius 2 is 2.16 bits per heavy atom. The van der Waals surface area contributed by atoms with Crippen molar-refractivity contribution in [3.05, 3.63) is 52.0 Å². The van der Waals surface area contributed by atoms with Crippen LogP contribution in [0.3, 0.4) is 0 Å². The highest BCUT2D eigenvalue weighted by Gasteiger charge is 2.34. The van der Waals surface area contributed by atoms with Crippen LogP contribution in [0, 0.1) is 5.82 Å². The molecule has 1 aliphatic rings. The van der Waals surface area contributed by atoms with Crippen molar-refractivity contribution in [2.75, 3.05) is 33.4 Å². The standard InChI is InChI=1S/C23H29FN2O4S/c1-4-16(2)26(23(28)15-29-3)13-22(27)25-10-8-21-19(9-11-31-21)20(25)14-30-18-7-5-6-17(24)12-18/h5-7,9,11-12,16,20H,4,8,10,13-15H2,1-3H3/t16-,20-/m0/s1. The molecule has 2 aromatic rings. The Balaban J connectivity index is 1.78. The van der Waals surface area contributed by atoms with E-state index in [1.54, 1.807) is 33.3 Å². The number of nitrogens with zero attached hydrogens (tertiary/aromatic N) is 2. The van der Waals surface area contributed by atoms with Gasteiger partial charge in [0.25, 0.3) is 0 Å². The fourth-order valence-electron chi connectivity index (χ4n) is 3.76. The minimum absolute atomic E-state index is 0.00681. The Bertz CT molecular complexity index is 903. The third-order valence-corrected chi connectivity index (χ3v) is 6.63. The summed E-state index contributed by atoms with van der Waals surface area (Å²) in [6, 6.07) is 7.63. The number of benzene rings is 1. The molecule has 0 bridgehead atoms. The van der Waals surface area contributed by atoms with E-state index in [4.69, 9.17) is 9.47 Å². The minimum atomic E-state index is -0.369. The van der Waals surface area contributed by atoms with Gasteiger partial charge in [0.1, 0.15) is 31.3 Å². The van der Waals surface area contributed by atoms with Gasteiger partial charge in [0.05, 0.1) is 6.04 Å². The van der Waals surface area contributed by atoms with Gasteiger partial charge in [-0.1, -0.05) is 13.0 Å². The molecule has 0 spiro atoms. The van der Waals surface area contributed by atoms with E-state index in [1.165, 1.54) is 24.1 Å². The van der Waals surface area contributed by atoms with Gasteiger partial charge in [-0.3, -0.25) is 9.59 Å². The zero-order valence-electron chi connectivity index (χ0n) is 18.2. The fraction of sp³-hybridized carbons (Fsp3) is 0.478. The van der Waals surface area contributed by atoms with Gasteiger partial charge < -0.3 is 19.3 Å². The van der Waals surface area contributed by atoms with Crippen LogP contribution in [0.25, 0.3) is 0 Å². The van der Waals surface area contributed by atoms with Crippen molar-refractivity contribution in [1.29, 1.82) is 0 Å². The Kier molecular flexibility index (Phi) is 8.03. The molecule has 1 aromatic carbocycles. The number of carbonyl (C=O) groups is 2. The van der Waals surface area contributed by atoms with E-state index < -0.39 is 0 Å². The topological polar surface area (TPSA) is 59.1 Å². The number of hydrogen-bond acceptors (Lipinski definition) is 5. The normalized spacial score (nSPS) is 16.5. The van der Waals surface area contributed by atoms with Gasteiger partial charge >= 0.3 is 0 Å². The summed E-state index contributed by atoms with van der Waals surface area (Å²) < 4.78 is 24.4. The van der Waals surface area contributed by atoms with Crippen LogP contribution in [0.5, 0.6) is 5.75 Å². The number of halogens is 1. The van der Waals surface area contributed by atoms with Crippen LogP contribution in [0.4, 0.5) is 4.39 Å². The van der Waals surface area contributed by atoms with Crippen molar-refractivity contribution in [3.63, 3.8) is 0 Å². The number of hydrogen-bond donors (Lipinski definition) is 0. The first-order valence-corrected chi connectivity index (χ1v) is 11.3. The summed E-state index contributed by atoms with van der Waals surface area (Å²) >= 11 is 1.67. The van der Waals surface area contributed by atoms with E-state index in [9.17, 15) is 14.0 Å². The molecule has 0 saturated carbocycles. The number of fused-ring (bicyclic) bond motifs is 1. The molecule has 2 amide bonds. The van der Waals surface area contributed by atoms with Crippen molar-refractivity contribution >= 4 is 23.2 Å². The second kappa shape index (κ2) is 10.7. The first-order valence-electron chi connectivity index (χ1n) is 10.5. The van der Waals surface area contributed by atoms with Crippen LogP contribution in [0.1, 0.15) is 36.8 Å². The molecule has 0 unspecified atom stereocenters. The maximum Gasteiger partial charge on any atom is 0.249 e. The molecule has 2 atom stereocenters. The van der Waals surface area contributed by atoms with E-state index in [2.05, 4.69) is 0 Å². The third kappa shape index (κ3) is 5.62. The summed E-state index contributed by atoms with van der Waals surface area (Å²) in [5.74, 6) is -0.280. The Hall–Kier alpha value is -2.45. The van der Waals surface area contributed by atoms with Crippen molar-refractivity contribution in [1.82, 2.24) is 9.80 Å². The predicted octanol–water partition coefficient (Wildman–Crippen LogP) is 3.67. The lowest BCUT2D eigenvalue weighted by molar-refractivity contribution is -0.146. The second-order valence-electron chi connectivity index (χ2n) is 7.63. The Morgan fingerprint density at radius 3 is 2.87 bits per heavy atom. The molecule has 0 N–H and O–H groups in total. The highest BCUT2D eigenvalue weighted by Crippen LogP contribution is 2.34. The maximum atomic E-state index is 13.5. The fourth-order valence-corrected chi connectivity index (χ4v) is 4.69. The summed E-state index contributed by atoms with van der Waals surface area (Å²) in [4.78, 5) is 30.4. The number of amides is 2. The molecule has 0 radical (unpaired) electrons. The van der Waals surface area contributed by atoms with Crippen LogP contribution in [-0.2, 0) is 20.7 Å². The van der Waals surface area contributed by atoms with Crippen molar-refractivity contribution in [2.45, 2.75) is 38.8 Å². The van der Waals surface area contributed by atoms with Crippen LogP contribution in [-0.4, -0.2) is 61.1 Å². The SMILES string of the molecule is CC[C@H](C)N(CC(=O)N1CCc2sccc2[C@@H]1COc1cccc(F)c1)C(=O)COC. The molecule has 1 aliphatic heterocycles. The molecule has 1 aromatic heterocycles. The van der Waals surface area contributed by atoms with Crippen molar-refractivity contribution < 1.29 is 23.5 Å². The van der Waals surface area contributed by atoms with E-state index in [-0.39, 0.29) is 49.5 Å². The summed E-state index contributed by atoms with van der Waals surface area (Å²) in [6.45, 7) is 4.62. The van der Waals surface area contributed by atoms with E-state index in [0.29, 0.717) is 12.3 Å². The Morgan fingerprint density at radius 1 is 1.35 bits per heavy atom. The molecule has 3 rings (SSSR count). The van der Waals surface area contributed by atoms with Gasteiger partial charge in [0, 0.05) is 30.6 Å². The maximum absolute atomic E-state index is 13.5. The lowest BCUT2D eigenvalue weighted by Crippen LogP contribution is -2.50. The lowest BCUT2D eigenvalue weighted by atomic mass is 10.00. The number of carbonyl (C=O) groups excluding carboxylic acids is 2. The Labute approximate surface area is 186 Å². The highest BCUT2D eigenvalue weighted by molar-refractivity contribution is 7.10. The number of ether oxygens (including phenoxy) is 2. The largest absolute Gasteiger partial charge is 0.491 e. The molecular formula is C23H29FN2O4S. The van der Waals surface area contributed by atoms with Gasteiger partial charge in [-0.05, 0) is 48.9 Å². The quantitative estimate of drug-likeness (QED) is 0.587. The van der Waals surface area contributed by atoms with E-state index in [1.807, 2.05) is 25.3 Å². The van der Waals surface area contributed by atoms with Gasteiger partial charge in [0.15, 0.2) is 0 Å². The third-order valence-electron chi connectivity index (χ3n) is 5.64. The molecule has 8 heteroatoms. The van der Waals surface area contributed by atoms with Gasteiger partial charge in [-0.25, -0.2) is 4.39 Å². The van der Waals surface area contributed by atoms with Crippen molar-refractivity contribution in [2.24, 2.45) is 0 Å². The monoisotopic (exact) mass is 448 g/mol. The molecule has 0 aliphatic carbocycles. The van der Waals surface area contributed by atoms with Crippen LogP contribution in [0.15, 0.2) is 35.7 Å². The molecule has 6 nitrogen and oxygen atoms in total. The zero-order chi connectivity index (χ0) is 22.4. The molecular weight excluding hydrogens is 419 g/mol. The smallest absolute Gasteiger partial charge is 0.249 e. The van der Waals surface area contributed by atoms with Crippen LogP contribution < -0.4 is 4.74 Å². The van der Waals surface area contributed by atoms with Crippen LogP contribution >= 0.6 is 11.3 Å². The summed E-state index contributed by atoms with van der Waals surface area (Å²) in [5.41, 5.74) is 1.05. The number of rotatable bonds is 9. The van der Waals surface area contributed by atoms with Crippen molar-refractivity contribution in [3.8, 4) is 5.75 Å². The van der Waals surface area contributed by atoms with E-state index in [0.717, 1.165) is 18.4 Å². The molecule has 2 heterocycles. The van der Waals surface area contributed by atoms with Gasteiger partial charge in [-0.15, -0.1) is 11.3 Å². The average molecular weight is 449 g/mol. The van der Waals surface area contributed by atoms with E-state index >= 15 is 0 Å². The molecule has 0 saturated heterocycles. The highest BCUT2D eigenvalue weighted by atomic mass is 32.1. The molecule has 168 valence electrons. The van der Waals surface area contributed by atoms with Crippen LogP contribution in [0.2, 0.25) is 0 Å². The van der Waals surface area contributed by atoms with Gasteiger partial charge in [-0.2, -0.15) is 0 Å². The predicted molar refractivity (Wildman–Crippen MR) is 118 cm³/mol. The molecule has 0 fully saturated rings. The number of methoxy groups -OCH3 is 1. The molecule has 31 heavy (non-hydrogen) atoms. The summed E-state index contributed by atoms with van der Waals surface area (Å²) in [7, 11) is 1.47. The average Bonchev–Trinajstić information content (AvgIpc) is 3.24. The number of thiophene rings is 1. The first kappa shape index (κ1) is 23.2. The summed E-state index contributed by atoms with van der Waals surface area (Å²) in [6.07, 6.45) is 1.51. The lowest BCUT2D eigenvalue weighted by Gasteiger charge is -2.38. The summed E-state index contributed by atoms with van der Waals surface area (Å²) in [5, 5.41) is 2.02. The first-order chi connectivity index (χ1) is 14.9.